The second-order valence-electron chi connectivity index (χ2n) is 7.79. The van der Waals surface area contributed by atoms with E-state index in [9.17, 15) is 23.2 Å². The predicted molar refractivity (Wildman–Crippen MR) is 129 cm³/mol. The molecule has 35 heavy (non-hydrogen) atoms. The highest BCUT2D eigenvalue weighted by Crippen LogP contribution is 2.36. The van der Waals surface area contributed by atoms with E-state index in [2.05, 4.69) is 15.6 Å². The molecule has 0 spiro atoms. The number of anilines is 1. The van der Waals surface area contributed by atoms with Gasteiger partial charge in [-0.05, 0) is 42.8 Å². The van der Waals surface area contributed by atoms with Crippen LogP contribution in [0.25, 0.3) is 10.7 Å². The van der Waals surface area contributed by atoms with Gasteiger partial charge in [-0.15, -0.1) is 11.3 Å². The average molecular weight is 507 g/mol. The van der Waals surface area contributed by atoms with Crippen molar-refractivity contribution >= 4 is 38.7 Å². The molecule has 2 aromatic heterocycles. The van der Waals surface area contributed by atoms with Gasteiger partial charge in [0.25, 0.3) is 17.5 Å². The Morgan fingerprint density at radius 3 is 2.69 bits per heavy atom. The molecule has 0 fully saturated rings. The normalized spacial score (nSPS) is 13.8. The molecule has 2 amide bonds. The Bertz CT molecular complexity index is 1610. The van der Waals surface area contributed by atoms with Crippen molar-refractivity contribution in [1.82, 2.24) is 10.3 Å². The van der Waals surface area contributed by atoms with E-state index in [0.717, 1.165) is 9.61 Å². The Hall–Kier alpha value is -4.09. The molecule has 0 atom stereocenters. The summed E-state index contributed by atoms with van der Waals surface area (Å²) in [4.78, 5) is 30.5. The van der Waals surface area contributed by atoms with Crippen LogP contribution in [0.4, 0.5) is 5.69 Å². The van der Waals surface area contributed by atoms with Crippen molar-refractivity contribution in [2.75, 3.05) is 5.32 Å². The number of aromatic nitrogens is 2. The topological polar surface area (TPSA) is 132 Å². The molecule has 5 rings (SSSR count). The quantitative estimate of drug-likeness (QED) is 0.323. The highest BCUT2D eigenvalue weighted by molar-refractivity contribution is 7.91. The molecule has 176 valence electrons. The van der Waals surface area contributed by atoms with Crippen molar-refractivity contribution in [2.45, 2.75) is 23.3 Å². The average Bonchev–Trinajstić information content (AvgIpc) is 3.29. The zero-order valence-corrected chi connectivity index (χ0v) is 19.9. The number of nitrogens with zero attached hydrogens (tertiary/aromatic N) is 2. The van der Waals surface area contributed by atoms with Gasteiger partial charge in [-0.2, -0.15) is 4.73 Å². The third-order valence-electron chi connectivity index (χ3n) is 5.64. The first-order chi connectivity index (χ1) is 16.8. The molecule has 1 aliphatic heterocycles. The highest BCUT2D eigenvalue weighted by Gasteiger charge is 2.33. The van der Waals surface area contributed by atoms with E-state index >= 15 is 0 Å². The molecule has 9 nitrogen and oxygen atoms in total. The number of carbonyl (C=O) groups excluding carboxylic acids is 2. The summed E-state index contributed by atoms with van der Waals surface area (Å²) < 4.78 is 27.2. The summed E-state index contributed by atoms with van der Waals surface area (Å²) in [6.45, 7) is 1.75. The first-order valence-corrected chi connectivity index (χ1v) is 12.8. The summed E-state index contributed by atoms with van der Waals surface area (Å²) in [5.74, 6) is -0.996. The minimum Gasteiger partial charge on any atom is -0.618 e. The number of pyridine rings is 1. The summed E-state index contributed by atoms with van der Waals surface area (Å²) in [6, 6.07) is 13.8. The van der Waals surface area contributed by atoms with Crippen LogP contribution in [0.1, 0.15) is 31.2 Å². The van der Waals surface area contributed by atoms with Crippen molar-refractivity contribution < 1.29 is 22.7 Å². The SMILES string of the molecule is Cc1c(C(=O)NCc2cnc(-c3cccc[n+]3[O-])s2)ccc2c1NC(=O)c1ccccc1S2(=O)=O. The second kappa shape index (κ2) is 8.60. The van der Waals surface area contributed by atoms with Gasteiger partial charge in [-0.1, -0.05) is 12.1 Å². The monoisotopic (exact) mass is 506 g/mol. The van der Waals surface area contributed by atoms with E-state index < -0.39 is 21.7 Å². The summed E-state index contributed by atoms with van der Waals surface area (Å²) in [7, 11) is -3.97. The number of carbonyl (C=O) groups is 2. The van der Waals surface area contributed by atoms with Gasteiger partial charge in [-0.3, -0.25) is 9.59 Å². The number of thiazole rings is 1. The van der Waals surface area contributed by atoms with Crippen molar-refractivity contribution in [2.24, 2.45) is 0 Å². The Labute approximate surface area is 204 Å². The van der Waals surface area contributed by atoms with Gasteiger partial charge in [0.15, 0.2) is 11.2 Å². The Kier molecular flexibility index (Phi) is 5.58. The first kappa shape index (κ1) is 22.7. The maximum Gasteiger partial charge on any atom is 0.257 e. The number of sulfone groups is 1. The highest BCUT2D eigenvalue weighted by atomic mass is 32.2. The van der Waals surface area contributed by atoms with Gasteiger partial charge >= 0.3 is 0 Å². The van der Waals surface area contributed by atoms with Gasteiger partial charge in [0.1, 0.15) is 0 Å². The lowest BCUT2D eigenvalue weighted by molar-refractivity contribution is -0.593. The predicted octanol–water partition coefficient (Wildman–Crippen LogP) is 3.08. The van der Waals surface area contributed by atoms with E-state index in [1.165, 1.54) is 41.8 Å². The zero-order chi connectivity index (χ0) is 24.7. The van der Waals surface area contributed by atoms with Crippen LogP contribution in [0.5, 0.6) is 0 Å². The van der Waals surface area contributed by atoms with E-state index in [0.29, 0.717) is 16.3 Å². The molecule has 4 aromatic rings. The maximum atomic E-state index is 13.2. The van der Waals surface area contributed by atoms with Gasteiger partial charge in [0.05, 0.1) is 27.6 Å². The summed E-state index contributed by atoms with van der Waals surface area (Å²) in [5.41, 5.74) is 1.12. The van der Waals surface area contributed by atoms with Gasteiger partial charge in [-0.25, -0.2) is 13.4 Å². The molecule has 0 saturated carbocycles. The smallest absolute Gasteiger partial charge is 0.257 e. The van der Waals surface area contributed by atoms with Crippen LogP contribution in [0, 0.1) is 12.1 Å². The first-order valence-electron chi connectivity index (χ1n) is 10.5. The minimum atomic E-state index is -3.97. The molecule has 3 heterocycles. The van der Waals surface area contributed by atoms with Crippen LogP contribution < -0.4 is 15.4 Å². The number of benzene rings is 2. The zero-order valence-electron chi connectivity index (χ0n) is 18.3. The number of hydrogen-bond donors (Lipinski definition) is 2. The summed E-state index contributed by atoms with van der Waals surface area (Å²) in [5, 5.41) is 17.9. The van der Waals surface area contributed by atoms with Crippen LogP contribution in [-0.2, 0) is 16.4 Å². The van der Waals surface area contributed by atoms with Crippen LogP contribution in [0.15, 0.2) is 76.8 Å². The lowest BCUT2D eigenvalue weighted by Crippen LogP contribution is -2.27. The number of rotatable bonds is 4. The fourth-order valence-electron chi connectivity index (χ4n) is 3.86. The van der Waals surface area contributed by atoms with Gasteiger partial charge in [0.2, 0.25) is 9.84 Å². The number of fused-ring (bicyclic) bond motifs is 2. The summed E-state index contributed by atoms with van der Waals surface area (Å²) >= 11 is 1.28. The molecule has 11 heteroatoms. The largest absolute Gasteiger partial charge is 0.618 e. The van der Waals surface area contributed by atoms with Crippen LogP contribution in [-0.4, -0.2) is 25.2 Å². The molecular weight excluding hydrogens is 488 g/mol. The molecular formula is C24H18N4O5S2. The van der Waals surface area contributed by atoms with Crippen molar-refractivity contribution in [3.63, 3.8) is 0 Å². The standard InChI is InChI=1S/C24H18N4O5S2/c1-14-16(22(29)25-12-15-13-26-24(34-15)18-7-4-5-11-28(18)31)9-10-20-21(14)27-23(30)17-6-2-3-8-19(17)35(20,32)33/h2-11,13H,12H2,1H3,(H,25,29)(H,27,30). The third kappa shape index (κ3) is 3.94. The Morgan fingerprint density at radius 1 is 1.11 bits per heavy atom. The fourth-order valence-corrected chi connectivity index (χ4v) is 6.40. The van der Waals surface area contributed by atoms with Gasteiger partial charge in [0, 0.05) is 28.8 Å². The van der Waals surface area contributed by atoms with Gasteiger partial charge < -0.3 is 15.8 Å². The molecule has 1 aliphatic rings. The molecule has 0 saturated heterocycles. The number of amides is 2. The molecule has 2 N–H and O–H groups in total. The van der Waals surface area contributed by atoms with Crippen molar-refractivity contribution in [3.8, 4) is 10.7 Å². The maximum absolute atomic E-state index is 13.2. The molecule has 0 bridgehead atoms. The molecule has 0 unspecified atom stereocenters. The molecule has 2 aromatic carbocycles. The Balaban J connectivity index is 1.41. The van der Waals surface area contributed by atoms with E-state index in [-0.39, 0.29) is 33.2 Å². The molecule has 0 radical (unpaired) electrons. The van der Waals surface area contributed by atoms with Crippen molar-refractivity contribution in [1.29, 1.82) is 0 Å². The lowest BCUT2D eigenvalue weighted by Gasteiger charge is -2.14. The molecule has 0 aliphatic carbocycles. The third-order valence-corrected chi connectivity index (χ3v) is 8.51. The fraction of sp³-hybridized carbons (Fsp3) is 0.0833. The van der Waals surface area contributed by atoms with Crippen LogP contribution in [0.2, 0.25) is 0 Å². The number of hydrogen-bond acceptors (Lipinski definition) is 7. The van der Waals surface area contributed by atoms with E-state index in [4.69, 9.17) is 0 Å². The summed E-state index contributed by atoms with van der Waals surface area (Å²) in [6.07, 6.45) is 2.97. The van der Waals surface area contributed by atoms with Crippen LogP contribution >= 0.6 is 11.3 Å². The van der Waals surface area contributed by atoms with E-state index in [1.807, 2.05) is 0 Å². The lowest BCUT2D eigenvalue weighted by atomic mass is 10.1. The Morgan fingerprint density at radius 2 is 1.89 bits per heavy atom. The second-order valence-corrected chi connectivity index (χ2v) is 10.8. The van der Waals surface area contributed by atoms with Crippen LogP contribution in [0.3, 0.4) is 0 Å². The minimum absolute atomic E-state index is 0.0490. The van der Waals surface area contributed by atoms with E-state index in [1.54, 1.807) is 43.5 Å². The number of nitrogens with one attached hydrogen (secondary N) is 2. The van der Waals surface area contributed by atoms with Crippen molar-refractivity contribution in [3.05, 3.63) is 93.8 Å².